The van der Waals surface area contributed by atoms with E-state index >= 15 is 0 Å². The Morgan fingerprint density at radius 1 is 1.29 bits per heavy atom. The molecule has 1 amide bonds. The highest BCUT2D eigenvalue weighted by atomic mass is 35.5. The zero-order chi connectivity index (χ0) is 17.5. The van der Waals surface area contributed by atoms with E-state index in [2.05, 4.69) is 4.72 Å². The molecule has 3 rings (SSSR count). The number of hydrogen-bond acceptors (Lipinski definition) is 4. The molecule has 9 heteroatoms. The average Bonchev–Trinajstić information content (AvgIpc) is 3.29. The third-order valence-electron chi connectivity index (χ3n) is 3.97. The molecule has 132 valence electrons. The molecule has 1 aliphatic heterocycles. The lowest BCUT2D eigenvalue weighted by Crippen LogP contribution is -2.44. The van der Waals surface area contributed by atoms with Crippen LogP contribution >= 0.6 is 23.2 Å². The molecule has 1 aliphatic carbocycles. The van der Waals surface area contributed by atoms with Crippen LogP contribution in [0.3, 0.4) is 0 Å². The number of nitrogens with one attached hydrogen (secondary N) is 1. The summed E-state index contributed by atoms with van der Waals surface area (Å²) >= 11 is 12.2. The second-order valence-corrected chi connectivity index (χ2v) is 8.59. The van der Waals surface area contributed by atoms with Crippen molar-refractivity contribution in [3.63, 3.8) is 0 Å². The number of carbonyl (C=O) groups is 1. The first-order valence-corrected chi connectivity index (χ1v) is 9.94. The molecule has 2 fully saturated rings. The molecule has 0 aromatic heterocycles. The number of hydrogen-bond donors (Lipinski definition) is 1. The molecule has 0 radical (unpaired) electrons. The summed E-state index contributed by atoms with van der Waals surface area (Å²) in [6, 6.07) is 2.51. The first kappa shape index (κ1) is 17.9. The number of ether oxygens (including phenoxy) is 1. The predicted molar refractivity (Wildman–Crippen MR) is 91.1 cm³/mol. The van der Waals surface area contributed by atoms with E-state index in [1.165, 1.54) is 12.1 Å². The van der Waals surface area contributed by atoms with E-state index in [-0.39, 0.29) is 38.6 Å². The number of carbonyl (C=O) groups excluding carboxylic acids is 1. The van der Waals surface area contributed by atoms with Crippen LogP contribution in [0.5, 0.6) is 0 Å². The highest BCUT2D eigenvalue weighted by Gasteiger charge is 2.31. The van der Waals surface area contributed by atoms with E-state index in [0.29, 0.717) is 19.7 Å². The SMILES string of the molecule is CC1CN(C(=O)c2cc(S(=O)(=O)NC3CC3)c(Cl)cc2Cl)CCO1. The Labute approximate surface area is 151 Å². The lowest BCUT2D eigenvalue weighted by atomic mass is 10.1. The summed E-state index contributed by atoms with van der Waals surface area (Å²) in [4.78, 5) is 14.2. The van der Waals surface area contributed by atoms with Gasteiger partial charge in [-0.15, -0.1) is 0 Å². The van der Waals surface area contributed by atoms with Crippen LogP contribution in [0.1, 0.15) is 30.1 Å². The standard InChI is InChI=1S/C15H18Cl2N2O4S/c1-9-8-19(4-5-23-9)15(20)11-6-14(13(17)7-12(11)16)24(21,22)18-10-2-3-10/h6-7,9-10,18H,2-5,8H2,1H3. The van der Waals surface area contributed by atoms with Crippen LogP contribution in [0.4, 0.5) is 0 Å². The molecular formula is C15H18Cl2N2O4S. The quantitative estimate of drug-likeness (QED) is 0.852. The van der Waals surface area contributed by atoms with E-state index in [1.54, 1.807) is 4.90 Å². The molecule has 1 N–H and O–H groups in total. The van der Waals surface area contributed by atoms with Crippen molar-refractivity contribution in [2.45, 2.75) is 36.8 Å². The van der Waals surface area contributed by atoms with Crippen molar-refractivity contribution >= 4 is 39.1 Å². The van der Waals surface area contributed by atoms with Gasteiger partial charge in [0.25, 0.3) is 5.91 Å². The number of sulfonamides is 1. The zero-order valence-electron chi connectivity index (χ0n) is 13.1. The monoisotopic (exact) mass is 392 g/mol. The normalized spacial score (nSPS) is 21.8. The van der Waals surface area contributed by atoms with Gasteiger partial charge < -0.3 is 9.64 Å². The molecule has 1 saturated heterocycles. The van der Waals surface area contributed by atoms with Crippen LogP contribution in [0.25, 0.3) is 0 Å². The summed E-state index contributed by atoms with van der Waals surface area (Å²) in [6.07, 6.45) is 1.54. The Balaban J connectivity index is 1.93. The summed E-state index contributed by atoms with van der Waals surface area (Å²) in [7, 11) is -3.78. The Kier molecular flexibility index (Phi) is 5.09. The lowest BCUT2D eigenvalue weighted by molar-refractivity contribution is -0.0124. The number of morpholine rings is 1. The number of rotatable bonds is 4. The van der Waals surface area contributed by atoms with Gasteiger partial charge in [-0.3, -0.25) is 4.79 Å². The maximum Gasteiger partial charge on any atom is 0.255 e. The molecular weight excluding hydrogens is 375 g/mol. The third-order valence-corrected chi connectivity index (χ3v) is 6.27. The molecule has 0 bridgehead atoms. The number of halogens is 2. The average molecular weight is 393 g/mol. The molecule has 2 aliphatic rings. The minimum atomic E-state index is -3.78. The highest BCUT2D eigenvalue weighted by molar-refractivity contribution is 7.89. The fourth-order valence-electron chi connectivity index (χ4n) is 2.56. The van der Waals surface area contributed by atoms with Gasteiger partial charge in [0.05, 0.1) is 28.3 Å². The van der Waals surface area contributed by atoms with Crippen LogP contribution in [0, 0.1) is 0 Å². The molecule has 0 spiro atoms. The Morgan fingerprint density at radius 3 is 2.62 bits per heavy atom. The highest BCUT2D eigenvalue weighted by Crippen LogP contribution is 2.31. The van der Waals surface area contributed by atoms with E-state index in [0.717, 1.165) is 12.8 Å². The van der Waals surface area contributed by atoms with Crippen LogP contribution in [-0.2, 0) is 14.8 Å². The minimum Gasteiger partial charge on any atom is -0.375 e. The smallest absolute Gasteiger partial charge is 0.255 e. The molecule has 1 aromatic carbocycles. The Morgan fingerprint density at radius 2 is 2.00 bits per heavy atom. The van der Waals surface area contributed by atoms with E-state index in [4.69, 9.17) is 27.9 Å². The van der Waals surface area contributed by atoms with E-state index < -0.39 is 10.0 Å². The topological polar surface area (TPSA) is 75.7 Å². The van der Waals surface area contributed by atoms with Crippen molar-refractivity contribution in [3.05, 3.63) is 27.7 Å². The fraction of sp³-hybridized carbons (Fsp3) is 0.533. The van der Waals surface area contributed by atoms with Crippen LogP contribution in [0.15, 0.2) is 17.0 Å². The van der Waals surface area contributed by atoms with E-state index in [9.17, 15) is 13.2 Å². The molecule has 24 heavy (non-hydrogen) atoms. The summed E-state index contributed by atoms with van der Waals surface area (Å²) < 4.78 is 32.8. The second-order valence-electron chi connectivity index (χ2n) is 6.09. The van der Waals surface area contributed by atoms with Gasteiger partial charge in [-0.2, -0.15) is 0 Å². The second kappa shape index (κ2) is 6.80. The van der Waals surface area contributed by atoms with E-state index in [1.807, 2.05) is 6.92 Å². The third kappa shape index (κ3) is 3.86. The van der Waals surface area contributed by atoms with Gasteiger partial charge in [0.15, 0.2) is 0 Å². The van der Waals surface area contributed by atoms with Crippen LogP contribution in [-0.4, -0.2) is 51.1 Å². The van der Waals surface area contributed by atoms with Gasteiger partial charge >= 0.3 is 0 Å². The number of amides is 1. The van der Waals surface area contributed by atoms with Gasteiger partial charge in [-0.05, 0) is 31.9 Å². The Bertz CT molecular complexity index is 765. The van der Waals surface area contributed by atoms with Crippen LogP contribution in [0.2, 0.25) is 10.0 Å². The summed E-state index contributed by atoms with van der Waals surface area (Å²) in [5, 5.41) is 0.134. The molecule has 1 atom stereocenters. The lowest BCUT2D eigenvalue weighted by Gasteiger charge is -2.31. The van der Waals surface area contributed by atoms with Crippen molar-refractivity contribution in [3.8, 4) is 0 Å². The fourth-order valence-corrected chi connectivity index (χ4v) is 4.72. The molecule has 1 saturated carbocycles. The molecule has 6 nitrogen and oxygen atoms in total. The number of nitrogens with zero attached hydrogens (tertiary/aromatic N) is 1. The van der Waals surface area contributed by atoms with Gasteiger partial charge in [0, 0.05) is 19.1 Å². The minimum absolute atomic E-state index is 0.0000422. The van der Waals surface area contributed by atoms with Crippen molar-refractivity contribution in [1.29, 1.82) is 0 Å². The predicted octanol–water partition coefficient (Wildman–Crippen LogP) is 2.29. The molecule has 1 unspecified atom stereocenters. The maximum absolute atomic E-state index is 12.7. The van der Waals surface area contributed by atoms with Gasteiger partial charge in [0.2, 0.25) is 10.0 Å². The van der Waals surface area contributed by atoms with Gasteiger partial charge in [0.1, 0.15) is 4.90 Å². The van der Waals surface area contributed by atoms with Crippen LogP contribution < -0.4 is 4.72 Å². The van der Waals surface area contributed by atoms with Crippen molar-refractivity contribution in [2.24, 2.45) is 0 Å². The Hall–Kier alpha value is -0.860. The zero-order valence-corrected chi connectivity index (χ0v) is 15.4. The van der Waals surface area contributed by atoms with Crippen molar-refractivity contribution in [1.82, 2.24) is 9.62 Å². The first-order valence-electron chi connectivity index (χ1n) is 7.70. The summed E-state index contributed by atoms with van der Waals surface area (Å²) in [5.74, 6) is -0.324. The number of benzene rings is 1. The first-order chi connectivity index (χ1) is 11.3. The van der Waals surface area contributed by atoms with Crippen molar-refractivity contribution < 1.29 is 17.9 Å². The maximum atomic E-state index is 12.7. The summed E-state index contributed by atoms with van der Waals surface area (Å²) in [5.41, 5.74) is 0.131. The van der Waals surface area contributed by atoms with Gasteiger partial charge in [-0.25, -0.2) is 13.1 Å². The molecule has 1 aromatic rings. The van der Waals surface area contributed by atoms with Gasteiger partial charge in [-0.1, -0.05) is 23.2 Å². The van der Waals surface area contributed by atoms with Crippen molar-refractivity contribution in [2.75, 3.05) is 19.7 Å². The summed E-state index contributed by atoms with van der Waals surface area (Å²) in [6.45, 7) is 3.18. The largest absolute Gasteiger partial charge is 0.375 e. The molecule has 1 heterocycles.